The molecule has 0 aliphatic rings. The molecule has 70 valence electrons. The summed E-state index contributed by atoms with van der Waals surface area (Å²) in [6, 6.07) is 7.05. The number of hydrogen-bond donors (Lipinski definition) is 0. The van der Waals surface area contributed by atoms with E-state index in [1.807, 2.05) is 6.92 Å². The van der Waals surface area contributed by atoms with Crippen molar-refractivity contribution in [1.29, 1.82) is 0 Å². The van der Waals surface area contributed by atoms with E-state index in [1.165, 1.54) is 0 Å². The zero-order chi connectivity index (χ0) is 9.97. The standard InChI is InChI=1S/C9H8N4O/c1-7-10-11-12-13(7)9-4-2-8(6-14)3-5-9/h2-6H,1H3. The minimum atomic E-state index is 0.638. The average Bonchev–Trinajstić information content (AvgIpc) is 2.65. The first kappa shape index (κ1) is 8.55. The van der Waals surface area contributed by atoms with Crippen molar-refractivity contribution >= 4 is 6.29 Å². The summed E-state index contributed by atoms with van der Waals surface area (Å²) in [5.74, 6) is 0.712. The normalized spacial score (nSPS) is 10.1. The van der Waals surface area contributed by atoms with Crippen LogP contribution >= 0.6 is 0 Å². The van der Waals surface area contributed by atoms with E-state index in [9.17, 15) is 4.79 Å². The number of aldehydes is 1. The number of carbonyl (C=O) groups excluding carboxylic acids is 1. The van der Waals surface area contributed by atoms with E-state index >= 15 is 0 Å². The van der Waals surface area contributed by atoms with Crippen LogP contribution in [-0.2, 0) is 0 Å². The summed E-state index contributed by atoms with van der Waals surface area (Å²) in [5, 5.41) is 11.1. The Hall–Kier alpha value is -2.04. The molecule has 0 atom stereocenters. The Bertz CT molecular complexity index is 446. The van der Waals surface area contributed by atoms with Crippen molar-refractivity contribution < 1.29 is 4.79 Å². The lowest BCUT2D eigenvalue weighted by molar-refractivity contribution is 0.112. The zero-order valence-electron chi connectivity index (χ0n) is 7.58. The first-order chi connectivity index (χ1) is 6.81. The lowest BCUT2D eigenvalue weighted by Gasteiger charge is -2.00. The van der Waals surface area contributed by atoms with Gasteiger partial charge in [0.25, 0.3) is 0 Å². The van der Waals surface area contributed by atoms with Gasteiger partial charge in [-0.05, 0) is 41.6 Å². The summed E-state index contributed by atoms with van der Waals surface area (Å²) in [6.07, 6.45) is 0.802. The Morgan fingerprint density at radius 3 is 2.50 bits per heavy atom. The number of benzene rings is 1. The van der Waals surface area contributed by atoms with Gasteiger partial charge in [-0.25, -0.2) is 0 Å². The third kappa shape index (κ3) is 1.39. The van der Waals surface area contributed by atoms with Gasteiger partial charge in [-0.1, -0.05) is 0 Å². The van der Waals surface area contributed by atoms with Crippen LogP contribution in [0.5, 0.6) is 0 Å². The van der Waals surface area contributed by atoms with Crippen LogP contribution in [0, 0.1) is 6.92 Å². The van der Waals surface area contributed by atoms with Crippen LogP contribution in [0.3, 0.4) is 0 Å². The number of nitrogens with zero attached hydrogens (tertiary/aromatic N) is 4. The number of aromatic nitrogens is 4. The highest BCUT2D eigenvalue weighted by atomic mass is 16.1. The maximum Gasteiger partial charge on any atom is 0.153 e. The Morgan fingerprint density at radius 2 is 2.00 bits per heavy atom. The van der Waals surface area contributed by atoms with Gasteiger partial charge in [-0.3, -0.25) is 4.79 Å². The van der Waals surface area contributed by atoms with Crippen LogP contribution in [-0.4, -0.2) is 26.5 Å². The Labute approximate surface area is 80.4 Å². The van der Waals surface area contributed by atoms with Gasteiger partial charge in [0.1, 0.15) is 6.29 Å². The molecule has 0 N–H and O–H groups in total. The monoisotopic (exact) mass is 188 g/mol. The quantitative estimate of drug-likeness (QED) is 0.653. The minimum absolute atomic E-state index is 0.638. The second-order valence-electron chi connectivity index (χ2n) is 2.85. The molecule has 1 heterocycles. The van der Waals surface area contributed by atoms with Gasteiger partial charge >= 0.3 is 0 Å². The molecule has 0 radical (unpaired) electrons. The fourth-order valence-corrected chi connectivity index (χ4v) is 1.16. The molecule has 1 aromatic carbocycles. The molecule has 0 amide bonds. The lowest BCUT2D eigenvalue weighted by atomic mass is 10.2. The molecular formula is C9H8N4O. The molecule has 0 spiro atoms. The number of tetrazole rings is 1. The molecule has 0 aliphatic carbocycles. The van der Waals surface area contributed by atoms with Gasteiger partial charge in [-0.2, -0.15) is 4.68 Å². The van der Waals surface area contributed by atoms with Crippen molar-refractivity contribution in [2.24, 2.45) is 0 Å². The minimum Gasteiger partial charge on any atom is -0.298 e. The van der Waals surface area contributed by atoms with Gasteiger partial charge in [0.2, 0.25) is 0 Å². The largest absolute Gasteiger partial charge is 0.298 e. The SMILES string of the molecule is Cc1nnnn1-c1ccc(C=O)cc1. The van der Waals surface area contributed by atoms with Crippen LogP contribution in [0.2, 0.25) is 0 Å². The van der Waals surface area contributed by atoms with Crippen molar-refractivity contribution in [3.8, 4) is 5.69 Å². The molecule has 0 saturated carbocycles. The smallest absolute Gasteiger partial charge is 0.153 e. The predicted molar refractivity (Wildman–Crippen MR) is 49.3 cm³/mol. The highest BCUT2D eigenvalue weighted by Gasteiger charge is 2.02. The molecular weight excluding hydrogens is 180 g/mol. The second kappa shape index (κ2) is 3.37. The Kier molecular flexibility index (Phi) is 2.06. The maximum absolute atomic E-state index is 10.4. The van der Waals surface area contributed by atoms with Crippen LogP contribution in [0.4, 0.5) is 0 Å². The van der Waals surface area contributed by atoms with Crippen LogP contribution < -0.4 is 0 Å². The van der Waals surface area contributed by atoms with E-state index in [0.717, 1.165) is 12.0 Å². The van der Waals surface area contributed by atoms with Gasteiger partial charge in [-0.15, -0.1) is 5.10 Å². The Morgan fingerprint density at radius 1 is 1.29 bits per heavy atom. The van der Waals surface area contributed by atoms with E-state index in [-0.39, 0.29) is 0 Å². The van der Waals surface area contributed by atoms with E-state index in [4.69, 9.17) is 0 Å². The van der Waals surface area contributed by atoms with Crippen molar-refractivity contribution in [2.45, 2.75) is 6.92 Å². The van der Waals surface area contributed by atoms with Crippen molar-refractivity contribution in [3.05, 3.63) is 35.7 Å². The zero-order valence-corrected chi connectivity index (χ0v) is 7.58. The first-order valence-corrected chi connectivity index (χ1v) is 4.12. The summed E-state index contributed by atoms with van der Waals surface area (Å²) in [6.45, 7) is 1.81. The van der Waals surface area contributed by atoms with E-state index in [2.05, 4.69) is 15.5 Å². The van der Waals surface area contributed by atoms with Gasteiger partial charge < -0.3 is 0 Å². The van der Waals surface area contributed by atoms with Crippen LogP contribution in [0.15, 0.2) is 24.3 Å². The van der Waals surface area contributed by atoms with Gasteiger partial charge in [0, 0.05) is 5.56 Å². The predicted octanol–water partition coefficient (Wildman–Crippen LogP) is 0.783. The molecule has 5 nitrogen and oxygen atoms in total. The van der Waals surface area contributed by atoms with Crippen molar-refractivity contribution in [1.82, 2.24) is 20.2 Å². The summed E-state index contributed by atoms with van der Waals surface area (Å²) < 4.78 is 1.61. The molecule has 2 rings (SSSR count). The first-order valence-electron chi connectivity index (χ1n) is 4.12. The van der Waals surface area contributed by atoms with Crippen LogP contribution in [0.1, 0.15) is 16.2 Å². The molecule has 5 heteroatoms. The molecule has 0 unspecified atom stereocenters. The fourth-order valence-electron chi connectivity index (χ4n) is 1.16. The topological polar surface area (TPSA) is 60.7 Å². The summed E-state index contributed by atoms with van der Waals surface area (Å²) in [5.41, 5.74) is 1.48. The number of rotatable bonds is 2. The molecule has 14 heavy (non-hydrogen) atoms. The Balaban J connectivity index is 2.43. The van der Waals surface area contributed by atoms with Gasteiger partial charge in [0.15, 0.2) is 5.82 Å². The van der Waals surface area contributed by atoms with Gasteiger partial charge in [0.05, 0.1) is 5.69 Å². The van der Waals surface area contributed by atoms with E-state index in [1.54, 1.807) is 28.9 Å². The highest BCUT2D eigenvalue weighted by Crippen LogP contribution is 2.07. The number of carbonyl (C=O) groups is 1. The summed E-state index contributed by atoms with van der Waals surface area (Å²) in [4.78, 5) is 10.4. The second-order valence-corrected chi connectivity index (χ2v) is 2.85. The average molecular weight is 188 g/mol. The lowest BCUT2D eigenvalue weighted by Crippen LogP contribution is -1.99. The fraction of sp³-hybridized carbons (Fsp3) is 0.111. The van der Waals surface area contributed by atoms with Crippen LogP contribution in [0.25, 0.3) is 5.69 Å². The van der Waals surface area contributed by atoms with Crippen molar-refractivity contribution in [2.75, 3.05) is 0 Å². The summed E-state index contributed by atoms with van der Waals surface area (Å²) in [7, 11) is 0. The molecule has 2 aromatic rings. The number of hydrogen-bond acceptors (Lipinski definition) is 4. The number of aryl methyl sites for hydroxylation is 1. The molecule has 1 aromatic heterocycles. The molecule has 0 bridgehead atoms. The third-order valence-corrected chi connectivity index (χ3v) is 1.90. The maximum atomic E-state index is 10.4. The molecule has 0 aliphatic heterocycles. The van der Waals surface area contributed by atoms with E-state index in [0.29, 0.717) is 11.4 Å². The highest BCUT2D eigenvalue weighted by molar-refractivity contribution is 5.75. The molecule has 0 saturated heterocycles. The summed E-state index contributed by atoms with van der Waals surface area (Å²) >= 11 is 0. The van der Waals surface area contributed by atoms with Crippen molar-refractivity contribution in [3.63, 3.8) is 0 Å². The van der Waals surface area contributed by atoms with E-state index < -0.39 is 0 Å². The molecule has 0 fully saturated rings. The third-order valence-electron chi connectivity index (χ3n) is 1.90.